The SMILES string of the molecule is NS(=O)(=O)c1ccc(CNC(=O)Cc2cccc(F)c2)cc1. The Morgan fingerprint density at radius 2 is 1.77 bits per heavy atom. The van der Waals surface area contributed by atoms with Crippen LogP contribution < -0.4 is 10.5 Å². The molecule has 0 radical (unpaired) electrons. The molecule has 0 aromatic heterocycles. The van der Waals surface area contributed by atoms with Gasteiger partial charge in [-0.25, -0.2) is 17.9 Å². The van der Waals surface area contributed by atoms with E-state index < -0.39 is 10.0 Å². The zero-order valence-corrected chi connectivity index (χ0v) is 12.4. The van der Waals surface area contributed by atoms with Crippen LogP contribution in [-0.4, -0.2) is 14.3 Å². The van der Waals surface area contributed by atoms with Crippen molar-refractivity contribution in [1.29, 1.82) is 0 Å². The molecule has 0 atom stereocenters. The number of carbonyl (C=O) groups excluding carboxylic acids is 1. The Morgan fingerprint density at radius 1 is 1.09 bits per heavy atom. The highest BCUT2D eigenvalue weighted by molar-refractivity contribution is 7.89. The molecular weight excluding hydrogens is 307 g/mol. The van der Waals surface area contributed by atoms with E-state index in [0.29, 0.717) is 5.56 Å². The lowest BCUT2D eigenvalue weighted by atomic mass is 10.1. The predicted molar refractivity (Wildman–Crippen MR) is 79.8 cm³/mol. The Morgan fingerprint density at radius 3 is 2.36 bits per heavy atom. The number of nitrogens with two attached hydrogens (primary N) is 1. The molecule has 5 nitrogen and oxygen atoms in total. The zero-order valence-electron chi connectivity index (χ0n) is 11.6. The van der Waals surface area contributed by atoms with Crippen LogP contribution in [0.25, 0.3) is 0 Å². The summed E-state index contributed by atoms with van der Waals surface area (Å²) in [5, 5.41) is 7.68. The molecule has 3 N–H and O–H groups in total. The fourth-order valence-corrected chi connectivity index (χ4v) is 2.41. The van der Waals surface area contributed by atoms with E-state index in [-0.39, 0.29) is 29.6 Å². The Labute approximate surface area is 128 Å². The number of carbonyl (C=O) groups is 1. The number of amides is 1. The van der Waals surface area contributed by atoms with Crippen molar-refractivity contribution < 1.29 is 17.6 Å². The highest BCUT2D eigenvalue weighted by Gasteiger charge is 2.08. The Bertz CT molecular complexity index is 774. The third-order valence-electron chi connectivity index (χ3n) is 3.00. The van der Waals surface area contributed by atoms with Crippen LogP contribution in [-0.2, 0) is 27.8 Å². The van der Waals surface area contributed by atoms with Crippen LogP contribution >= 0.6 is 0 Å². The zero-order chi connectivity index (χ0) is 16.2. The van der Waals surface area contributed by atoms with Crippen molar-refractivity contribution in [2.75, 3.05) is 0 Å². The lowest BCUT2D eigenvalue weighted by molar-refractivity contribution is -0.120. The molecule has 0 aliphatic rings. The second-order valence-electron chi connectivity index (χ2n) is 4.77. The van der Waals surface area contributed by atoms with E-state index in [0.717, 1.165) is 5.56 Å². The van der Waals surface area contributed by atoms with Crippen LogP contribution in [0.5, 0.6) is 0 Å². The molecule has 2 aromatic rings. The maximum absolute atomic E-state index is 13.0. The number of hydrogen-bond acceptors (Lipinski definition) is 3. The molecule has 0 saturated carbocycles. The minimum atomic E-state index is -3.72. The molecule has 0 bridgehead atoms. The normalized spacial score (nSPS) is 11.2. The smallest absolute Gasteiger partial charge is 0.238 e. The van der Waals surface area contributed by atoms with Crippen molar-refractivity contribution in [3.8, 4) is 0 Å². The van der Waals surface area contributed by atoms with Gasteiger partial charge in [0.2, 0.25) is 15.9 Å². The standard InChI is InChI=1S/C15H15FN2O3S/c16-13-3-1-2-12(8-13)9-15(19)18-10-11-4-6-14(7-5-11)22(17,20)21/h1-8H,9-10H2,(H,18,19)(H2,17,20,21). The summed E-state index contributed by atoms with van der Waals surface area (Å²) in [5.74, 6) is -0.634. The monoisotopic (exact) mass is 322 g/mol. The molecule has 0 fully saturated rings. The van der Waals surface area contributed by atoms with E-state index in [9.17, 15) is 17.6 Å². The van der Waals surface area contributed by atoms with Crippen LogP contribution in [0.4, 0.5) is 4.39 Å². The minimum absolute atomic E-state index is 0.0161. The molecule has 0 heterocycles. The molecule has 0 saturated heterocycles. The third-order valence-corrected chi connectivity index (χ3v) is 3.92. The van der Waals surface area contributed by atoms with Crippen LogP contribution in [0.15, 0.2) is 53.4 Å². The summed E-state index contributed by atoms with van der Waals surface area (Å²) in [4.78, 5) is 11.8. The van der Waals surface area contributed by atoms with E-state index in [1.807, 2.05) is 0 Å². The van der Waals surface area contributed by atoms with Crippen LogP contribution in [0.1, 0.15) is 11.1 Å². The highest BCUT2D eigenvalue weighted by Crippen LogP contribution is 2.09. The van der Waals surface area contributed by atoms with Gasteiger partial charge in [0.1, 0.15) is 5.82 Å². The molecule has 0 aliphatic heterocycles. The molecule has 1 amide bonds. The van der Waals surface area contributed by atoms with E-state index in [1.54, 1.807) is 24.3 Å². The van der Waals surface area contributed by atoms with Gasteiger partial charge in [-0.15, -0.1) is 0 Å². The number of benzene rings is 2. The molecule has 2 rings (SSSR count). The summed E-state index contributed by atoms with van der Waals surface area (Å²) in [5.41, 5.74) is 1.32. The second-order valence-corrected chi connectivity index (χ2v) is 6.33. The molecule has 22 heavy (non-hydrogen) atoms. The van der Waals surface area contributed by atoms with Crippen LogP contribution in [0.3, 0.4) is 0 Å². The number of halogens is 1. The predicted octanol–water partition coefficient (Wildman–Crippen LogP) is 1.33. The summed E-state index contributed by atoms with van der Waals surface area (Å²) in [6.07, 6.45) is 0.0764. The molecule has 0 unspecified atom stereocenters. The summed E-state index contributed by atoms with van der Waals surface area (Å²) >= 11 is 0. The number of primary sulfonamides is 1. The average molecular weight is 322 g/mol. The fraction of sp³-hybridized carbons (Fsp3) is 0.133. The van der Waals surface area contributed by atoms with E-state index >= 15 is 0 Å². The Kier molecular flexibility index (Phi) is 4.89. The van der Waals surface area contributed by atoms with Gasteiger partial charge in [-0.3, -0.25) is 4.79 Å². The molecule has 0 aliphatic carbocycles. The maximum atomic E-state index is 13.0. The van der Waals surface area contributed by atoms with Gasteiger partial charge >= 0.3 is 0 Å². The van der Waals surface area contributed by atoms with Gasteiger partial charge in [-0.2, -0.15) is 0 Å². The fourth-order valence-electron chi connectivity index (χ4n) is 1.89. The number of rotatable bonds is 5. The van der Waals surface area contributed by atoms with E-state index in [4.69, 9.17) is 5.14 Å². The lowest BCUT2D eigenvalue weighted by Crippen LogP contribution is -2.24. The first-order valence-electron chi connectivity index (χ1n) is 6.47. The van der Waals surface area contributed by atoms with Gasteiger partial charge in [0.15, 0.2) is 0 Å². The first-order chi connectivity index (χ1) is 10.3. The van der Waals surface area contributed by atoms with Crippen molar-refractivity contribution in [3.63, 3.8) is 0 Å². The van der Waals surface area contributed by atoms with Gasteiger partial charge in [0.25, 0.3) is 0 Å². The Balaban J connectivity index is 1.91. The number of sulfonamides is 1. The summed E-state index contributed by atoms with van der Waals surface area (Å²) in [6.45, 7) is 0.249. The van der Waals surface area contributed by atoms with E-state index in [2.05, 4.69) is 5.32 Å². The van der Waals surface area contributed by atoms with Crippen LogP contribution in [0.2, 0.25) is 0 Å². The quantitative estimate of drug-likeness (QED) is 0.870. The van der Waals surface area contributed by atoms with Crippen molar-refractivity contribution in [1.82, 2.24) is 5.32 Å². The summed E-state index contributed by atoms with van der Waals surface area (Å²) in [7, 11) is -3.72. The average Bonchev–Trinajstić information content (AvgIpc) is 2.45. The van der Waals surface area contributed by atoms with Gasteiger partial charge in [0.05, 0.1) is 11.3 Å². The largest absolute Gasteiger partial charge is 0.352 e. The topological polar surface area (TPSA) is 89.3 Å². The third kappa shape index (κ3) is 4.64. The number of nitrogens with one attached hydrogen (secondary N) is 1. The van der Waals surface area contributed by atoms with Gasteiger partial charge < -0.3 is 5.32 Å². The van der Waals surface area contributed by atoms with Gasteiger partial charge in [-0.1, -0.05) is 24.3 Å². The highest BCUT2D eigenvalue weighted by atomic mass is 32.2. The van der Waals surface area contributed by atoms with Crippen molar-refractivity contribution in [2.45, 2.75) is 17.9 Å². The molecule has 2 aromatic carbocycles. The Hall–Kier alpha value is -2.25. The maximum Gasteiger partial charge on any atom is 0.238 e. The summed E-state index contributed by atoms with van der Waals surface area (Å²) < 4.78 is 35.2. The molecule has 7 heteroatoms. The van der Waals surface area contributed by atoms with E-state index in [1.165, 1.54) is 24.3 Å². The van der Waals surface area contributed by atoms with Gasteiger partial charge in [-0.05, 0) is 35.4 Å². The summed E-state index contributed by atoms with van der Waals surface area (Å²) in [6, 6.07) is 11.7. The first kappa shape index (κ1) is 16.1. The second kappa shape index (κ2) is 6.67. The van der Waals surface area contributed by atoms with Crippen molar-refractivity contribution in [3.05, 3.63) is 65.5 Å². The molecule has 0 spiro atoms. The lowest BCUT2D eigenvalue weighted by Gasteiger charge is -2.06. The first-order valence-corrected chi connectivity index (χ1v) is 8.02. The van der Waals surface area contributed by atoms with Crippen molar-refractivity contribution >= 4 is 15.9 Å². The van der Waals surface area contributed by atoms with Crippen molar-refractivity contribution in [2.24, 2.45) is 5.14 Å². The molecule has 116 valence electrons. The minimum Gasteiger partial charge on any atom is -0.352 e. The molecular formula is C15H15FN2O3S. The van der Waals surface area contributed by atoms with Crippen LogP contribution in [0, 0.1) is 5.82 Å². The van der Waals surface area contributed by atoms with Gasteiger partial charge in [0, 0.05) is 6.54 Å². The number of hydrogen-bond donors (Lipinski definition) is 2.